The Kier molecular flexibility index (Phi) is 17.8. The van der Waals surface area contributed by atoms with E-state index >= 15 is 0 Å². The molecular formula is C32H38F6N2O10. The molecule has 0 heterocycles. The number of benzene rings is 2. The lowest BCUT2D eigenvalue weighted by atomic mass is 10.0. The maximum Gasteiger partial charge on any atom is 0.471 e. The molecule has 2 amide bonds. The van der Waals surface area contributed by atoms with Crippen LogP contribution in [0.5, 0.6) is 11.5 Å². The molecule has 2 rings (SSSR count). The van der Waals surface area contributed by atoms with E-state index in [4.69, 9.17) is 18.9 Å². The summed E-state index contributed by atoms with van der Waals surface area (Å²) in [5.41, 5.74) is 1.71. The first-order valence-corrected chi connectivity index (χ1v) is 14.8. The second-order valence-corrected chi connectivity index (χ2v) is 10.5. The third-order valence-corrected chi connectivity index (χ3v) is 6.71. The van der Waals surface area contributed by atoms with E-state index in [-0.39, 0.29) is 13.2 Å². The van der Waals surface area contributed by atoms with Crippen LogP contribution < -0.4 is 20.1 Å². The van der Waals surface area contributed by atoms with Crippen LogP contribution in [0.15, 0.2) is 48.5 Å². The number of aliphatic hydroxyl groups is 1. The van der Waals surface area contributed by atoms with Crippen LogP contribution in [0, 0.1) is 11.8 Å². The minimum absolute atomic E-state index is 0.0123. The SMILES string of the molecule is COc1ccc(CCOC(=O)C(CNC(=O)C(F)(F)F)C(C)=O)cc1.COc1ccc(CCOC(=O)[C@@H](CNC(=O)C(F)(F)F)[C@@H](C)O)cc1. The first-order valence-electron chi connectivity index (χ1n) is 14.8. The van der Waals surface area contributed by atoms with Crippen LogP contribution in [-0.4, -0.2) is 93.6 Å². The lowest BCUT2D eigenvalue weighted by Gasteiger charge is -2.19. The van der Waals surface area contributed by atoms with Gasteiger partial charge >= 0.3 is 36.1 Å². The van der Waals surface area contributed by atoms with E-state index in [0.717, 1.165) is 18.1 Å². The Balaban J connectivity index is 0.000000500. The van der Waals surface area contributed by atoms with Gasteiger partial charge in [0.05, 0.1) is 39.5 Å². The van der Waals surface area contributed by atoms with Crippen molar-refractivity contribution in [2.75, 3.05) is 40.5 Å². The summed E-state index contributed by atoms with van der Waals surface area (Å²) in [6, 6.07) is 14.0. The van der Waals surface area contributed by atoms with Crippen LogP contribution in [-0.2, 0) is 46.3 Å². The van der Waals surface area contributed by atoms with Crippen LogP contribution in [0.1, 0.15) is 25.0 Å². The Morgan fingerprint density at radius 3 is 1.40 bits per heavy atom. The number of Topliss-reactive ketones (excluding diaryl/α,β-unsaturated/α-hetero) is 1. The van der Waals surface area contributed by atoms with E-state index in [0.29, 0.717) is 24.3 Å². The van der Waals surface area contributed by atoms with Gasteiger partial charge in [0, 0.05) is 25.9 Å². The minimum Gasteiger partial charge on any atom is -0.497 e. The number of halogens is 6. The zero-order valence-corrected chi connectivity index (χ0v) is 27.5. The van der Waals surface area contributed by atoms with Crippen molar-refractivity contribution in [3.05, 3.63) is 59.7 Å². The minimum atomic E-state index is -5.08. The van der Waals surface area contributed by atoms with Crippen LogP contribution >= 0.6 is 0 Å². The van der Waals surface area contributed by atoms with Crippen molar-refractivity contribution in [3.8, 4) is 11.5 Å². The number of aliphatic hydroxyl groups excluding tert-OH is 1. The maximum absolute atomic E-state index is 12.1. The smallest absolute Gasteiger partial charge is 0.471 e. The lowest BCUT2D eigenvalue weighted by Crippen LogP contribution is -2.44. The molecule has 18 heteroatoms. The topological polar surface area (TPSA) is 167 Å². The number of ether oxygens (including phenoxy) is 4. The number of nitrogens with one attached hydrogen (secondary N) is 2. The molecule has 0 aliphatic rings. The molecule has 0 aliphatic heterocycles. The Morgan fingerprint density at radius 1 is 0.680 bits per heavy atom. The van der Waals surface area contributed by atoms with Crippen molar-refractivity contribution in [2.24, 2.45) is 11.8 Å². The predicted octanol–water partition coefficient (Wildman–Crippen LogP) is 3.12. The molecule has 0 spiro atoms. The fourth-order valence-corrected chi connectivity index (χ4v) is 3.77. The number of methoxy groups -OCH3 is 2. The highest BCUT2D eigenvalue weighted by molar-refractivity contribution is 5.98. The third-order valence-electron chi connectivity index (χ3n) is 6.71. The van der Waals surface area contributed by atoms with Crippen LogP contribution in [0.3, 0.4) is 0 Å². The monoisotopic (exact) mass is 724 g/mol. The summed E-state index contributed by atoms with van der Waals surface area (Å²) in [7, 11) is 3.06. The number of hydrogen-bond donors (Lipinski definition) is 3. The molecular weight excluding hydrogens is 686 g/mol. The molecule has 0 fully saturated rings. The fourth-order valence-electron chi connectivity index (χ4n) is 3.77. The average Bonchev–Trinajstić information content (AvgIpc) is 3.04. The zero-order valence-electron chi connectivity index (χ0n) is 27.5. The first kappa shape index (κ1) is 43.2. The summed E-state index contributed by atoms with van der Waals surface area (Å²) >= 11 is 0. The van der Waals surface area contributed by atoms with Gasteiger partial charge in [0.15, 0.2) is 0 Å². The molecule has 0 bridgehead atoms. The van der Waals surface area contributed by atoms with Crippen LogP contribution in [0.2, 0.25) is 0 Å². The number of ketones is 1. The molecule has 278 valence electrons. The summed E-state index contributed by atoms with van der Waals surface area (Å²) in [5, 5.41) is 12.6. The number of carbonyl (C=O) groups is 5. The van der Waals surface area contributed by atoms with Crippen LogP contribution in [0.4, 0.5) is 26.3 Å². The molecule has 0 aromatic heterocycles. The summed E-state index contributed by atoms with van der Waals surface area (Å²) in [4.78, 5) is 56.7. The number of alkyl halides is 6. The van der Waals surface area contributed by atoms with Gasteiger partial charge in [-0.15, -0.1) is 0 Å². The van der Waals surface area contributed by atoms with Gasteiger partial charge in [-0.1, -0.05) is 24.3 Å². The van der Waals surface area contributed by atoms with Crippen LogP contribution in [0.25, 0.3) is 0 Å². The Bertz CT molecular complexity index is 1400. The molecule has 2 aromatic rings. The maximum atomic E-state index is 12.1. The normalized spacial score (nSPS) is 12.9. The Hall–Kier alpha value is -4.87. The van der Waals surface area contributed by atoms with E-state index in [1.165, 1.54) is 26.5 Å². The van der Waals surface area contributed by atoms with Crippen molar-refractivity contribution in [1.29, 1.82) is 0 Å². The molecule has 0 saturated carbocycles. The molecule has 0 radical (unpaired) electrons. The number of amides is 2. The molecule has 3 N–H and O–H groups in total. The molecule has 12 nitrogen and oxygen atoms in total. The second kappa shape index (κ2) is 20.6. The van der Waals surface area contributed by atoms with Gasteiger partial charge in [-0.2, -0.15) is 26.3 Å². The van der Waals surface area contributed by atoms with Crippen molar-refractivity contribution >= 4 is 29.5 Å². The van der Waals surface area contributed by atoms with Gasteiger partial charge in [0.1, 0.15) is 23.2 Å². The largest absolute Gasteiger partial charge is 0.497 e. The molecule has 1 unspecified atom stereocenters. The summed E-state index contributed by atoms with van der Waals surface area (Å²) in [5.74, 6) is -8.39. The number of rotatable bonds is 16. The molecule has 0 aliphatic carbocycles. The van der Waals surface area contributed by atoms with E-state index in [2.05, 4.69) is 0 Å². The lowest BCUT2D eigenvalue weighted by molar-refractivity contribution is -0.174. The van der Waals surface area contributed by atoms with Crippen molar-refractivity contribution in [3.63, 3.8) is 0 Å². The van der Waals surface area contributed by atoms with Gasteiger partial charge in [0.2, 0.25) is 0 Å². The van der Waals surface area contributed by atoms with Gasteiger partial charge in [-0.05, 0) is 49.2 Å². The first-order chi connectivity index (χ1) is 23.3. The highest BCUT2D eigenvalue weighted by Crippen LogP contribution is 2.17. The van der Waals surface area contributed by atoms with E-state index < -0.39 is 72.9 Å². The number of esters is 2. The highest BCUT2D eigenvalue weighted by Gasteiger charge is 2.40. The Labute approximate surface area is 283 Å². The second-order valence-electron chi connectivity index (χ2n) is 10.5. The van der Waals surface area contributed by atoms with Crippen molar-refractivity contribution in [1.82, 2.24) is 10.6 Å². The average molecular weight is 725 g/mol. The quantitative estimate of drug-likeness (QED) is 0.133. The van der Waals surface area contributed by atoms with E-state index in [1.807, 2.05) is 0 Å². The predicted molar refractivity (Wildman–Crippen MR) is 163 cm³/mol. The van der Waals surface area contributed by atoms with E-state index in [9.17, 15) is 55.4 Å². The highest BCUT2D eigenvalue weighted by atomic mass is 19.4. The van der Waals surface area contributed by atoms with Gasteiger partial charge < -0.3 is 34.7 Å². The van der Waals surface area contributed by atoms with Gasteiger partial charge in [0.25, 0.3) is 0 Å². The number of carbonyl (C=O) groups excluding carboxylic acids is 5. The molecule has 50 heavy (non-hydrogen) atoms. The van der Waals surface area contributed by atoms with Crippen molar-refractivity contribution in [2.45, 2.75) is 45.1 Å². The summed E-state index contributed by atoms with van der Waals surface area (Å²) in [6.07, 6.45) is -10.7. The molecule has 3 atom stereocenters. The zero-order chi connectivity index (χ0) is 38.1. The standard InChI is InChI=1S/C16H20F3NO5.C16H18F3NO5/c2*1-10(21)13(9-20-15(23)16(17,18)19)14(22)25-8-7-11-3-5-12(24-2)6-4-11/h3-6,10,13,21H,7-9H2,1-2H3,(H,20,23);3-6,13H,7-9H2,1-2H3,(H,20,23)/t10-,13+;/m1./s1. The number of hydrogen-bond acceptors (Lipinski definition) is 10. The molecule has 0 saturated heterocycles. The summed E-state index contributed by atoms with van der Waals surface area (Å²) < 4.78 is 92.7. The molecule has 2 aromatic carbocycles. The summed E-state index contributed by atoms with van der Waals surface area (Å²) in [6.45, 7) is 0.764. The van der Waals surface area contributed by atoms with Gasteiger partial charge in [-0.3, -0.25) is 24.0 Å². The van der Waals surface area contributed by atoms with Crippen molar-refractivity contribution < 1.29 is 74.4 Å². The Morgan fingerprint density at radius 2 is 1.06 bits per heavy atom. The van der Waals surface area contributed by atoms with Gasteiger partial charge in [-0.25, -0.2) is 0 Å². The fraction of sp³-hybridized carbons (Fsp3) is 0.469. The van der Waals surface area contributed by atoms with E-state index in [1.54, 1.807) is 53.8 Å². The third kappa shape index (κ3) is 16.0.